The molecule has 0 aromatic heterocycles. The van der Waals surface area contributed by atoms with Crippen LogP contribution in [0.4, 0.5) is 0 Å². The van der Waals surface area contributed by atoms with E-state index in [9.17, 15) is 21.6 Å². The molecule has 0 aliphatic heterocycles. The number of carbonyl (C=O) groups excluding carboxylic acids is 1. The SMILES string of the molecule is C=CC(=O)NOCCS(=O)(=O)NS(C)(=O)=O. The van der Waals surface area contributed by atoms with Crippen LogP contribution in [-0.4, -0.2) is 41.4 Å². The zero-order valence-corrected chi connectivity index (χ0v) is 10.1. The highest BCUT2D eigenvalue weighted by Gasteiger charge is 2.16. The molecule has 16 heavy (non-hydrogen) atoms. The molecule has 0 unspecified atom stereocenters. The second-order valence-electron chi connectivity index (χ2n) is 2.69. The highest BCUT2D eigenvalue weighted by atomic mass is 32.3. The summed E-state index contributed by atoms with van der Waals surface area (Å²) in [4.78, 5) is 15.0. The Bertz CT molecular complexity index is 451. The van der Waals surface area contributed by atoms with Crippen LogP contribution in [0.5, 0.6) is 0 Å². The summed E-state index contributed by atoms with van der Waals surface area (Å²) >= 11 is 0. The predicted octanol–water partition coefficient (Wildman–Crippen LogP) is -1.90. The Balaban J connectivity index is 4.02. The van der Waals surface area contributed by atoms with Crippen molar-refractivity contribution in [3.8, 4) is 0 Å². The molecule has 0 heterocycles. The molecule has 0 saturated carbocycles. The molecule has 0 bridgehead atoms. The van der Waals surface area contributed by atoms with Crippen molar-refractivity contribution >= 4 is 26.0 Å². The molecule has 8 nitrogen and oxygen atoms in total. The Hall–Kier alpha value is -0.970. The van der Waals surface area contributed by atoms with Crippen molar-refractivity contribution in [2.24, 2.45) is 0 Å². The predicted molar refractivity (Wildman–Crippen MR) is 56.1 cm³/mol. The monoisotopic (exact) mass is 272 g/mol. The zero-order chi connectivity index (χ0) is 12.8. The number of nitrogens with one attached hydrogen (secondary N) is 2. The van der Waals surface area contributed by atoms with E-state index in [1.807, 2.05) is 5.48 Å². The summed E-state index contributed by atoms with van der Waals surface area (Å²) in [6, 6.07) is 0. The summed E-state index contributed by atoms with van der Waals surface area (Å²) in [5.41, 5.74) is 1.87. The third-order valence-corrected chi connectivity index (χ3v) is 4.02. The second kappa shape index (κ2) is 5.94. The maximum atomic E-state index is 11.1. The van der Waals surface area contributed by atoms with Gasteiger partial charge in [-0.05, 0) is 6.08 Å². The van der Waals surface area contributed by atoms with E-state index in [-0.39, 0.29) is 6.61 Å². The normalized spacial score (nSPS) is 12.1. The molecule has 0 fully saturated rings. The second-order valence-corrected chi connectivity index (χ2v) is 6.54. The van der Waals surface area contributed by atoms with Gasteiger partial charge in [-0.2, -0.15) is 0 Å². The molecule has 2 N–H and O–H groups in total. The van der Waals surface area contributed by atoms with E-state index in [4.69, 9.17) is 0 Å². The van der Waals surface area contributed by atoms with Crippen LogP contribution in [0.1, 0.15) is 0 Å². The van der Waals surface area contributed by atoms with Gasteiger partial charge < -0.3 is 0 Å². The van der Waals surface area contributed by atoms with Crippen molar-refractivity contribution in [2.75, 3.05) is 18.6 Å². The van der Waals surface area contributed by atoms with Crippen LogP contribution in [0.15, 0.2) is 12.7 Å². The first-order valence-corrected chi connectivity index (χ1v) is 7.46. The van der Waals surface area contributed by atoms with E-state index in [2.05, 4.69) is 11.4 Å². The topological polar surface area (TPSA) is 119 Å². The van der Waals surface area contributed by atoms with Gasteiger partial charge in [0.25, 0.3) is 5.91 Å². The van der Waals surface area contributed by atoms with E-state index in [1.54, 1.807) is 0 Å². The molecule has 0 atom stereocenters. The minimum atomic E-state index is -3.98. The number of carbonyl (C=O) groups is 1. The van der Waals surface area contributed by atoms with Gasteiger partial charge in [0.05, 0.1) is 18.6 Å². The summed E-state index contributed by atoms with van der Waals surface area (Å²) in [6.45, 7) is 2.75. The molecular formula is C6H12N2O6S2. The van der Waals surface area contributed by atoms with E-state index < -0.39 is 31.7 Å². The zero-order valence-electron chi connectivity index (χ0n) is 8.46. The molecule has 10 heteroatoms. The van der Waals surface area contributed by atoms with Crippen LogP contribution < -0.4 is 9.61 Å². The van der Waals surface area contributed by atoms with Gasteiger partial charge in [-0.25, -0.2) is 22.3 Å². The first-order valence-electron chi connectivity index (χ1n) is 3.92. The highest BCUT2D eigenvalue weighted by Crippen LogP contribution is 1.88. The maximum Gasteiger partial charge on any atom is 0.266 e. The first kappa shape index (κ1) is 15.0. The van der Waals surface area contributed by atoms with Crippen molar-refractivity contribution in [1.82, 2.24) is 9.61 Å². The van der Waals surface area contributed by atoms with Crippen LogP contribution in [0.3, 0.4) is 0 Å². The van der Waals surface area contributed by atoms with Gasteiger partial charge in [0, 0.05) is 0 Å². The lowest BCUT2D eigenvalue weighted by Crippen LogP contribution is -2.34. The Morgan fingerprint density at radius 1 is 1.38 bits per heavy atom. The van der Waals surface area contributed by atoms with Gasteiger partial charge in [0.15, 0.2) is 0 Å². The number of hydroxylamine groups is 1. The molecule has 94 valence electrons. The molecule has 0 spiro atoms. The third kappa shape index (κ3) is 8.35. The molecule has 0 aliphatic carbocycles. The van der Waals surface area contributed by atoms with Gasteiger partial charge in [0.2, 0.25) is 20.0 Å². The summed E-state index contributed by atoms with van der Waals surface area (Å²) < 4.78 is 44.8. The lowest BCUT2D eigenvalue weighted by Gasteiger charge is -2.05. The Morgan fingerprint density at radius 2 is 1.94 bits per heavy atom. The molecular weight excluding hydrogens is 260 g/mol. The van der Waals surface area contributed by atoms with Crippen molar-refractivity contribution in [3.63, 3.8) is 0 Å². The Morgan fingerprint density at radius 3 is 2.38 bits per heavy atom. The lowest BCUT2D eigenvalue weighted by molar-refractivity contribution is -0.127. The first-order chi connectivity index (χ1) is 7.16. The molecule has 0 rings (SSSR count). The Kier molecular flexibility index (Phi) is 5.58. The van der Waals surface area contributed by atoms with E-state index in [0.29, 0.717) is 6.26 Å². The minimum absolute atomic E-state index is 0.384. The van der Waals surface area contributed by atoms with E-state index in [0.717, 1.165) is 6.08 Å². The van der Waals surface area contributed by atoms with Crippen molar-refractivity contribution in [3.05, 3.63) is 12.7 Å². The number of sulfonamides is 2. The molecule has 0 saturated heterocycles. The fourth-order valence-corrected chi connectivity index (χ4v) is 3.07. The molecule has 0 aromatic carbocycles. The van der Waals surface area contributed by atoms with Gasteiger partial charge in [-0.1, -0.05) is 6.58 Å². The van der Waals surface area contributed by atoms with Gasteiger partial charge in [-0.3, -0.25) is 9.63 Å². The smallest absolute Gasteiger partial charge is 0.266 e. The van der Waals surface area contributed by atoms with Crippen LogP contribution in [0.2, 0.25) is 0 Å². The average Bonchev–Trinajstić information content (AvgIpc) is 2.08. The average molecular weight is 272 g/mol. The molecule has 0 aliphatic rings. The summed E-state index contributed by atoms with van der Waals surface area (Å²) in [6.07, 6.45) is 1.65. The van der Waals surface area contributed by atoms with Crippen LogP contribution in [-0.2, 0) is 29.7 Å². The summed E-state index contributed by atoms with van der Waals surface area (Å²) in [7, 11) is -7.82. The van der Waals surface area contributed by atoms with E-state index >= 15 is 0 Å². The van der Waals surface area contributed by atoms with Crippen molar-refractivity contribution in [2.45, 2.75) is 0 Å². The van der Waals surface area contributed by atoms with Crippen LogP contribution >= 0.6 is 0 Å². The quantitative estimate of drug-likeness (QED) is 0.317. The van der Waals surface area contributed by atoms with Gasteiger partial charge in [0.1, 0.15) is 0 Å². The van der Waals surface area contributed by atoms with E-state index in [1.165, 1.54) is 4.13 Å². The fourth-order valence-electron chi connectivity index (χ4n) is 0.588. The molecule has 1 amide bonds. The number of hydrogen-bond donors (Lipinski definition) is 2. The number of amides is 1. The number of hydrogen-bond acceptors (Lipinski definition) is 6. The Labute approximate surface area is 93.7 Å². The van der Waals surface area contributed by atoms with Crippen molar-refractivity contribution in [1.29, 1.82) is 0 Å². The van der Waals surface area contributed by atoms with Crippen LogP contribution in [0.25, 0.3) is 0 Å². The van der Waals surface area contributed by atoms with Crippen molar-refractivity contribution < 1.29 is 26.5 Å². The largest absolute Gasteiger partial charge is 0.272 e. The molecule has 0 radical (unpaired) electrons. The lowest BCUT2D eigenvalue weighted by atomic mass is 10.6. The molecule has 0 aromatic rings. The maximum absolute atomic E-state index is 11.1. The van der Waals surface area contributed by atoms with Gasteiger partial charge in [-0.15, -0.1) is 4.13 Å². The van der Waals surface area contributed by atoms with Gasteiger partial charge >= 0.3 is 0 Å². The number of rotatable bonds is 7. The summed E-state index contributed by atoms with van der Waals surface area (Å²) in [5, 5.41) is 0. The fraction of sp³-hybridized carbons (Fsp3) is 0.500. The standard InChI is InChI=1S/C6H12N2O6S2/c1-3-6(9)7-14-4-5-16(12,13)8-15(2,10)11/h3,8H,1,4-5H2,2H3,(H,7,9). The highest BCUT2D eigenvalue weighted by molar-refractivity contribution is 8.04. The summed E-state index contributed by atoms with van der Waals surface area (Å²) in [5.74, 6) is -1.23. The van der Waals surface area contributed by atoms with Crippen LogP contribution in [0, 0.1) is 0 Å². The third-order valence-electron chi connectivity index (χ3n) is 1.09. The minimum Gasteiger partial charge on any atom is -0.272 e.